The van der Waals surface area contributed by atoms with Gasteiger partial charge < -0.3 is 4.98 Å². The lowest BCUT2D eigenvalue weighted by atomic mass is 9.88. The number of nitriles is 1. The Morgan fingerprint density at radius 2 is 2.16 bits per heavy atom. The molecule has 3 heterocycles. The van der Waals surface area contributed by atoms with Gasteiger partial charge in [0.15, 0.2) is 0 Å². The fourth-order valence-electron chi connectivity index (χ4n) is 3.83. The van der Waals surface area contributed by atoms with E-state index < -0.39 is 0 Å². The molecule has 0 saturated carbocycles. The summed E-state index contributed by atoms with van der Waals surface area (Å²) in [6.45, 7) is 1.03. The lowest BCUT2D eigenvalue weighted by molar-refractivity contribution is 0.101. The summed E-state index contributed by atoms with van der Waals surface area (Å²) in [7, 11) is 0. The molecule has 1 fully saturated rings. The van der Waals surface area contributed by atoms with Gasteiger partial charge >= 0.3 is 0 Å². The summed E-state index contributed by atoms with van der Waals surface area (Å²) in [6, 6.07) is 11.6. The zero-order chi connectivity index (χ0) is 12.8. The second kappa shape index (κ2) is 4.11. The van der Waals surface area contributed by atoms with E-state index in [9.17, 15) is 5.26 Å². The van der Waals surface area contributed by atoms with Crippen molar-refractivity contribution in [3.05, 3.63) is 35.5 Å². The van der Waals surface area contributed by atoms with Crippen LogP contribution in [0.3, 0.4) is 0 Å². The first kappa shape index (κ1) is 11.1. The van der Waals surface area contributed by atoms with E-state index in [1.807, 2.05) is 0 Å². The van der Waals surface area contributed by atoms with Crippen LogP contribution in [0.2, 0.25) is 0 Å². The molecule has 0 amide bonds. The van der Waals surface area contributed by atoms with Crippen LogP contribution >= 0.6 is 0 Å². The standard InChI is InChI=1S/C16H17N3/c17-10-11-4-3-7-15-16-13(8-9-19(11)15)12-5-1-2-6-14(12)18-16/h1-2,5-6,11,15,18H,3-4,7-9H2/t11-,15-/m1/s1. The number of nitrogens with one attached hydrogen (secondary N) is 1. The van der Waals surface area contributed by atoms with Crippen LogP contribution in [0.1, 0.15) is 36.6 Å². The third kappa shape index (κ3) is 1.53. The number of aromatic amines is 1. The molecule has 2 atom stereocenters. The average Bonchev–Trinajstić information content (AvgIpc) is 2.85. The van der Waals surface area contributed by atoms with Crippen LogP contribution in [0.25, 0.3) is 10.9 Å². The van der Waals surface area contributed by atoms with Crippen LogP contribution in [0, 0.1) is 11.3 Å². The Morgan fingerprint density at radius 3 is 3.05 bits per heavy atom. The smallest absolute Gasteiger partial charge is 0.0983 e. The van der Waals surface area contributed by atoms with Crippen LogP contribution in [0.15, 0.2) is 24.3 Å². The van der Waals surface area contributed by atoms with Crippen molar-refractivity contribution in [3.8, 4) is 6.07 Å². The molecule has 19 heavy (non-hydrogen) atoms. The number of hydrogen-bond donors (Lipinski definition) is 1. The molecule has 1 saturated heterocycles. The highest BCUT2D eigenvalue weighted by Gasteiger charge is 2.36. The molecule has 0 unspecified atom stereocenters. The van der Waals surface area contributed by atoms with Crippen molar-refractivity contribution >= 4 is 10.9 Å². The summed E-state index contributed by atoms with van der Waals surface area (Å²) in [4.78, 5) is 6.01. The molecular weight excluding hydrogens is 234 g/mol. The number of rotatable bonds is 0. The lowest BCUT2D eigenvalue weighted by Crippen LogP contribution is -2.44. The second-order valence-corrected chi connectivity index (χ2v) is 5.64. The summed E-state index contributed by atoms with van der Waals surface area (Å²) in [6.07, 6.45) is 4.43. The zero-order valence-corrected chi connectivity index (χ0v) is 10.9. The van der Waals surface area contributed by atoms with E-state index in [-0.39, 0.29) is 6.04 Å². The molecule has 0 radical (unpaired) electrons. The number of piperidine rings is 1. The lowest BCUT2D eigenvalue weighted by Gasteiger charge is -2.42. The summed E-state index contributed by atoms with van der Waals surface area (Å²) < 4.78 is 0. The minimum Gasteiger partial charge on any atom is -0.357 e. The predicted molar refractivity (Wildman–Crippen MR) is 74.7 cm³/mol. The first-order chi connectivity index (χ1) is 9.38. The van der Waals surface area contributed by atoms with Crippen LogP contribution in [-0.4, -0.2) is 22.5 Å². The minimum atomic E-state index is 0.110. The molecule has 2 aliphatic heterocycles. The minimum absolute atomic E-state index is 0.110. The Labute approximate surface area is 112 Å². The third-order valence-electron chi connectivity index (χ3n) is 4.70. The van der Waals surface area contributed by atoms with E-state index in [2.05, 4.69) is 40.2 Å². The topological polar surface area (TPSA) is 42.8 Å². The Hall–Kier alpha value is -1.79. The molecule has 1 aromatic carbocycles. The van der Waals surface area contributed by atoms with E-state index in [0.29, 0.717) is 6.04 Å². The van der Waals surface area contributed by atoms with E-state index in [1.54, 1.807) is 0 Å². The third-order valence-corrected chi connectivity index (χ3v) is 4.70. The van der Waals surface area contributed by atoms with Crippen LogP contribution in [0.5, 0.6) is 0 Å². The first-order valence-corrected chi connectivity index (χ1v) is 7.13. The fraction of sp³-hybridized carbons (Fsp3) is 0.438. The quantitative estimate of drug-likeness (QED) is 0.781. The number of benzene rings is 1. The maximum atomic E-state index is 9.32. The van der Waals surface area contributed by atoms with Gasteiger partial charge in [-0.2, -0.15) is 5.26 Å². The number of aromatic nitrogens is 1. The summed E-state index contributed by atoms with van der Waals surface area (Å²) in [5.41, 5.74) is 4.09. The van der Waals surface area contributed by atoms with Crippen molar-refractivity contribution in [2.24, 2.45) is 0 Å². The van der Waals surface area contributed by atoms with Crippen molar-refractivity contribution < 1.29 is 0 Å². The SMILES string of the molecule is N#C[C@H]1CCC[C@@H]2c3[nH]c4ccccc4c3CCN21. The largest absolute Gasteiger partial charge is 0.357 e. The predicted octanol–water partition coefficient (Wildman–Crippen LogP) is 3.14. The summed E-state index contributed by atoms with van der Waals surface area (Å²) in [5, 5.41) is 10.7. The van der Waals surface area contributed by atoms with Gasteiger partial charge in [0.05, 0.1) is 18.2 Å². The van der Waals surface area contributed by atoms with Crippen molar-refractivity contribution in [3.63, 3.8) is 0 Å². The molecule has 0 aliphatic carbocycles. The monoisotopic (exact) mass is 251 g/mol. The van der Waals surface area contributed by atoms with Gasteiger partial charge in [-0.15, -0.1) is 0 Å². The molecular formula is C16H17N3. The van der Waals surface area contributed by atoms with Crippen LogP contribution in [0.4, 0.5) is 0 Å². The molecule has 2 aromatic rings. The van der Waals surface area contributed by atoms with Crippen LogP contribution in [-0.2, 0) is 6.42 Å². The van der Waals surface area contributed by atoms with Crippen molar-refractivity contribution in [2.45, 2.75) is 37.8 Å². The van der Waals surface area contributed by atoms with Gasteiger partial charge in [-0.1, -0.05) is 18.2 Å². The number of nitrogens with zero attached hydrogens (tertiary/aromatic N) is 2. The molecule has 3 nitrogen and oxygen atoms in total. The molecule has 2 aliphatic rings. The molecule has 0 spiro atoms. The van der Waals surface area contributed by atoms with Gasteiger partial charge in [-0.25, -0.2) is 0 Å². The van der Waals surface area contributed by atoms with Gasteiger partial charge in [-0.05, 0) is 37.3 Å². The molecule has 3 heteroatoms. The van der Waals surface area contributed by atoms with Gasteiger partial charge in [0, 0.05) is 23.1 Å². The molecule has 4 rings (SSSR count). The van der Waals surface area contributed by atoms with Crippen molar-refractivity contribution in [1.29, 1.82) is 5.26 Å². The van der Waals surface area contributed by atoms with Crippen molar-refractivity contribution in [1.82, 2.24) is 9.88 Å². The maximum Gasteiger partial charge on any atom is 0.0983 e. The number of fused-ring (bicyclic) bond motifs is 5. The highest BCUT2D eigenvalue weighted by molar-refractivity contribution is 5.85. The first-order valence-electron chi connectivity index (χ1n) is 7.13. The maximum absolute atomic E-state index is 9.32. The molecule has 1 N–H and O–H groups in total. The van der Waals surface area contributed by atoms with Crippen molar-refractivity contribution in [2.75, 3.05) is 6.54 Å². The van der Waals surface area contributed by atoms with E-state index in [4.69, 9.17) is 0 Å². The van der Waals surface area contributed by atoms with Crippen LogP contribution < -0.4 is 0 Å². The van der Waals surface area contributed by atoms with E-state index in [0.717, 1.165) is 25.8 Å². The average molecular weight is 251 g/mol. The van der Waals surface area contributed by atoms with E-state index >= 15 is 0 Å². The Bertz CT molecular complexity index is 664. The second-order valence-electron chi connectivity index (χ2n) is 5.64. The zero-order valence-electron chi connectivity index (χ0n) is 10.9. The Kier molecular flexibility index (Phi) is 2.39. The Morgan fingerprint density at radius 1 is 1.26 bits per heavy atom. The van der Waals surface area contributed by atoms with Gasteiger partial charge in [0.2, 0.25) is 0 Å². The number of H-pyrrole nitrogens is 1. The molecule has 1 aromatic heterocycles. The number of hydrogen-bond acceptors (Lipinski definition) is 2. The highest BCUT2D eigenvalue weighted by atomic mass is 15.2. The molecule has 0 bridgehead atoms. The van der Waals surface area contributed by atoms with Gasteiger partial charge in [0.25, 0.3) is 0 Å². The number of para-hydroxylation sites is 1. The Balaban J connectivity index is 1.85. The normalized spacial score (nSPS) is 26.7. The van der Waals surface area contributed by atoms with Gasteiger partial charge in [-0.3, -0.25) is 4.90 Å². The molecule has 96 valence electrons. The summed E-state index contributed by atoms with van der Waals surface area (Å²) >= 11 is 0. The van der Waals surface area contributed by atoms with Gasteiger partial charge in [0.1, 0.15) is 0 Å². The highest BCUT2D eigenvalue weighted by Crippen LogP contribution is 2.41. The fourth-order valence-corrected chi connectivity index (χ4v) is 3.83. The summed E-state index contributed by atoms with van der Waals surface area (Å²) in [5.74, 6) is 0. The van der Waals surface area contributed by atoms with E-state index in [1.165, 1.54) is 28.6 Å².